The largest absolute Gasteiger partial charge is 0.508 e. The lowest BCUT2D eigenvalue weighted by atomic mass is 9.68. The van der Waals surface area contributed by atoms with Gasteiger partial charge in [0.25, 0.3) is 0 Å². The first-order chi connectivity index (χ1) is 18.2. The Balaban J connectivity index is 1.49. The summed E-state index contributed by atoms with van der Waals surface area (Å²) in [6.07, 6.45) is 1.29. The van der Waals surface area contributed by atoms with Crippen molar-refractivity contribution in [3.05, 3.63) is 95.0 Å². The number of likely N-dealkylation sites (tertiary alicyclic amines) is 1. The van der Waals surface area contributed by atoms with Gasteiger partial charge in [-0.2, -0.15) is 0 Å². The quantitative estimate of drug-likeness (QED) is 0.364. The number of nitrogens with zero attached hydrogens (tertiary/aromatic N) is 2. The zero-order chi connectivity index (χ0) is 27.3. The van der Waals surface area contributed by atoms with Crippen LogP contribution in [-0.2, 0) is 21.4 Å². The van der Waals surface area contributed by atoms with Crippen LogP contribution in [0, 0.1) is 5.92 Å². The zero-order valence-electron chi connectivity index (χ0n) is 21.9. The SMILES string of the molecule is C[C@H]1CN(CCC(=O)N(c2cccc(Cl)c2)[C@@H](Cc2ccccc2)C(=O)O)CC[C@@]1(C)c1cccc(O)c1. The molecule has 1 aliphatic heterocycles. The molecule has 1 fully saturated rings. The van der Waals surface area contributed by atoms with Gasteiger partial charge in [0.1, 0.15) is 11.8 Å². The molecular weight excluding hydrogens is 500 g/mol. The molecule has 38 heavy (non-hydrogen) atoms. The summed E-state index contributed by atoms with van der Waals surface area (Å²) in [4.78, 5) is 29.8. The number of piperidine rings is 1. The van der Waals surface area contributed by atoms with Gasteiger partial charge in [0.05, 0.1) is 0 Å². The highest BCUT2D eigenvalue weighted by molar-refractivity contribution is 6.31. The molecule has 2 N–H and O–H groups in total. The van der Waals surface area contributed by atoms with Gasteiger partial charge in [-0.05, 0) is 65.8 Å². The molecule has 3 atom stereocenters. The van der Waals surface area contributed by atoms with Crippen LogP contribution in [-0.4, -0.2) is 52.7 Å². The molecule has 1 heterocycles. The molecule has 0 aromatic heterocycles. The van der Waals surface area contributed by atoms with Crippen LogP contribution >= 0.6 is 11.6 Å². The lowest BCUT2D eigenvalue weighted by Gasteiger charge is -2.45. The third-order valence-electron chi connectivity index (χ3n) is 7.94. The van der Waals surface area contributed by atoms with Crippen molar-refractivity contribution in [2.75, 3.05) is 24.5 Å². The van der Waals surface area contributed by atoms with E-state index in [1.54, 1.807) is 30.3 Å². The van der Waals surface area contributed by atoms with E-state index in [2.05, 4.69) is 24.8 Å². The molecule has 0 saturated carbocycles. The Morgan fingerprint density at radius 1 is 1.08 bits per heavy atom. The minimum Gasteiger partial charge on any atom is -0.508 e. The average Bonchev–Trinajstić information content (AvgIpc) is 2.89. The number of hydrogen-bond donors (Lipinski definition) is 2. The molecule has 6 nitrogen and oxygen atoms in total. The van der Waals surface area contributed by atoms with Crippen molar-refractivity contribution in [1.82, 2.24) is 4.90 Å². The number of carbonyl (C=O) groups excluding carboxylic acids is 1. The molecule has 4 rings (SSSR count). The van der Waals surface area contributed by atoms with Gasteiger partial charge in [-0.15, -0.1) is 0 Å². The van der Waals surface area contributed by atoms with Crippen LogP contribution in [0.3, 0.4) is 0 Å². The Kier molecular flexibility index (Phi) is 8.75. The van der Waals surface area contributed by atoms with E-state index in [0.717, 1.165) is 30.6 Å². The number of benzene rings is 3. The topological polar surface area (TPSA) is 81.1 Å². The first-order valence-corrected chi connectivity index (χ1v) is 13.4. The lowest BCUT2D eigenvalue weighted by molar-refractivity contribution is -0.140. The van der Waals surface area contributed by atoms with Gasteiger partial charge in [-0.25, -0.2) is 4.79 Å². The molecule has 1 aliphatic rings. The van der Waals surface area contributed by atoms with Gasteiger partial charge in [-0.1, -0.05) is 74.0 Å². The molecule has 0 aliphatic carbocycles. The Morgan fingerprint density at radius 2 is 1.82 bits per heavy atom. The molecular formula is C31H35ClN2O4. The number of amides is 1. The second-order valence-electron chi connectivity index (χ2n) is 10.5. The van der Waals surface area contributed by atoms with Gasteiger partial charge in [0.2, 0.25) is 5.91 Å². The predicted octanol–water partition coefficient (Wildman–Crippen LogP) is 5.76. The lowest BCUT2D eigenvalue weighted by Crippen LogP contribution is -2.50. The summed E-state index contributed by atoms with van der Waals surface area (Å²) < 4.78 is 0. The van der Waals surface area contributed by atoms with Crippen LogP contribution in [0.15, 0.2) is 78.9 Å². The summed E-state index contributed by atoms with van der Waals surface area (Å²) in [5, 5.41) is 20.6. The van der Waals surface area contributed by atoms with E-state index < -0.39 is 12.0 Å². The highest BCUT2D eigenvalue weighted by Gasteiger charge is 2.38. The van der Waals surface area contributed by atoms with Crippen molar-refractivity contribution in [2.24, 2.45) is 5.92 Å². The highest BCUT2D eigenvalue weighted by atomic mass is 35.5. The van der Waals surface area contributed by atoms with Crippen LogP contribution < -0.4 is 4.90 Å². The van der Waals surface area contributed by atoms with E-state index in [-0.39, 0.29) is 29.9 Å². The van der Waals surface area contributed by atoms with Gasteiger partial charge < -0.3 is 15.1 Å². The summed E-state index contributed by atoms with van der Waals surface area (Å²) in [5.74, 6) is -0.726. The van der Waals surface area contributed by atoms with E-state index >= 15 is 0 Å². The van der Waals surface area contributed by atoms with Crippen molar-refractivity contribution < 1.29 is 19.8 Å². The second-order valence-corrected chi connectivity index (χ2v) is 10.9. The third-order valence-corrected chi connectivity index (χ3v) is 8.17. The Bertz CT molecular complexity index is 1270. The number of anilines is 1. The number of phenolic OH excluding ortho intramolecular Hbond substituents is 1. The molecule has 7 heteroatoms. The minimum atomic E-state index is -1.06. The van der Waals surface area contributed by atoms with E-state index in [9.17, 15) is 19.8 Å². The number of carboxylic acids is 1. The smallest absolute Gasteiger partial charge is 0.327 e. The molecule has 1 amide bonds. The van der Waals surface area contributed by atoms with Crippen LogP contribution in [0.1, 0.15) is 37.8 Å². The predicted molar refractivity (Wildman–Crippen MR) is 151 cm³/mol. The molecule has 0 unspecified atom stereocenters. The van der Waals surface area contributed by atoms with E-state index in [1.807, 2.05) is 42.5 Å². The van der Waals surface area contributed by atoms with Crippen molar-refractivity contribution in [3.63, 3.8) is 0 Å². The summed E-state index contributed by atoms with van der Waals surface area (Å²) in [6, 6.07) is 22.6. The first-order valence-electron chi connectivity index (χ1n) is 13.0. The van der Waals surface area contributed by atoms with Crippen LogP contribution in [0.5, 0.6) is 5.75 Å². The minimum absolute atomic E-state index is 0.0733. The molecule has 0 bridgehead atoms. The molecule has 3 aromatic rings. The second kappa shape index (κ2) is 12.0. The van der Waals surface area contributed by atoms with E-state index in [0.29, 0.717) is 23.2 Å². The maximum atomic E-state index is 13.7. The normalized spacial score (nSPS) is 20.6. The number of aromatic hydroxyl groups is 1. The standard InChI is InChI=1S/C31H35ClN2O4/c1-22-21-33(17-15-31(22,2)24-10-6-13-27(35)19-24)16-14-29(36)34(26-12-7-11-25(32)20-26)28(30(37)38)18-23-8-4-3-5-9-23/h3-13,19-20,22,28,35H,14-18,21H2,1-2H3,(H,37,38)/t22-,28-,31+/m0/s1. The fourth-order valence-corrected chi connectivity index (χ4v) is 5.62. The van der Waals surface area contributed by atoms with Gasteiger partial charge >= 0.3 is 5.97 Å². The summed E-state index contributed by atoms with van der Waals surface area (Å²) in [6.45, 7) is 6.60. The number of halogens is 1. The van der Waals surface area contributed by atoms with Gasteiger partial charge in [0, 0.05) is 36.6 Å². The Labute approximate surface area is 229 Å². The number of hydrogen-bond acceptors (Lipinski definition) is 4. The summed E-state index contributed by atoms with van der Waals surface area (Å²) in [7, 11) is 0. The molecule has 0 radical (unpaired) electrons. The number of rotatable bonds is 9. The maximum Gasteiger partial charge on any atom is 0.327 e. The summed E-state index contributed by atoms with van der Waals surface area (Å²) >= 11 is 6.23. The van der Waals surface area contributed by atoms with Crippen molar-refractivity contribution >= 4 is 29.2 Å². The number of carbonyl (C=O) groups is 2. The van der Waals surface area contributed by atoms with E-state index in [4.69, 9.17) is 11.6 Å². The molecule has 1 saturated heterocycles. The van der Waals surface area contributed by atoms with Crippen LogP contribution in [0.25, 0.3) is 0 Å². The number of phenols is 1. The molecule has 0 spiro atoms. The molecule has 200 valence electrons. The maximum absolute atomic E-state index is 13.7. The van der Waals surface area contributed by atoms with Crippen molar-refractivity contribution in [3.8, 4) is 5.75 Å². The van der Waals surface area contributed by atoms with Crippen LogP contribution in [0.4, 0.5) is 5.69 Å². The Hall–Kier alpha value is -3.35. The molecule has 3 aromatic carbocycles. The van der Waals surface area contributed by atoms with Crippen molar-refractivity contribution in [2.45, 2.75) is 44.6 Å². The van der Waals surface area contributed by atoms with Crippen molar-refractivity contribution in [1.29, 1.82) is 0 Å². The fourth-order valence-electron chi connectivity index (χ4n) is 5.43. The first kappa shape index (κ1) is 27.7. The highest BCUT2D eigenvalue weighted by Crippen LogP contribution is 2.40. The fraction of sp³-hybridized carbons (Fsp3) is 0.355. The van der Waals surface area contributed by atoms with Gasteiger partial charge in [-0.3, -0.25) is 9.69 Å². The van der Waals surface area contributed by atoms with E-state index in [1.165, 1.54) is 4.90 Å². The summed E-state index contributed by atoms with van der Waals surface area (Å²) in [5.41, 5.74) is 2.37. The number of carboxylic acid groups (broad SMARTS) is 1. The average molecular weight is 535 g/mol. The number of aliphatic carboxylic acids is 1. The van der Waals surface area contributed by atoms with Gasteiger partial charge in [0.15, 0.2) is 0 Å². The monoisotopic (exact) mass is 534 g/mol. The zero-order valence-corrected chi connectivity index (χ0v) is 22.6. The third kappa shape index (κ3) is 6.37. The van der Waals surface area contributed by atoms with Crippen LogP contribution in [0.2, 0.25) is 5.02 Å². The Morgan fingerprint density at radius 3 is 2.47 bits per heavy atom.